The van der Waals surface area contributed by atoms with Gasteiger partial charge in [-0.2, -0.15) is 0 Å². The molecule has 2 atom stereocenters. The molecule has 2 bridgehead atoms. The largest absolute Gasteiger partial charge is 0.293 e. The second-order valence-electron chi connectivity index (χ2n) is 7.60. The number of Topliss-reactive ketones (excluding diaryl/α,β-unsaturated/α-hetero) is 1. The van der Waals surface area contributed by atoms with Gasteiger partial charge in [0.25, 0.3) is 0 Å². The summed E-state index contributed by atoms with van der Waals surface area (Å²) in [5.74, 6) is 0.394. The standard InChI is InChI=1S/C22H26N2O/c1-16-7-6-12-23-21(16)22(25)18-13-19-10-5-11-20(14-18)24(19)15-17-8-3-2-4-9-17/h2-4,6-9,12,18-20H,5,10-11,13-15H2,1H3. The van der Waals surface area contributed by atoms with E-state index in [1.807, 2.05) is 19.1 Å². The predicted molar refractivity (Wildman–Crippen MR) is 99.4 cm³/mol. The third kappa shape index (κ3) is 3.38. The molecule has 0 spiro atoms. The summed E-state index contributed by atoms with van der Waals surface area (Å²) in [7, 11) is 0. The molecule has 0 N–H and O–H groups in total. The van der Waals surface area contributed by atoms with E-state index in [-0.39, 0.29) is 11.7 Å². The van der Waals surface area contributed by atoms with Crippen LogP contribution in [0, 0.1) is 12.8 Å². The fourth-order valence-corrected chi connectivity index (χ4v) is 4.68. The lowest BCUT2D eigenvalue weighted by Gasteiger charge is -2.48. The first kappa shape index (κ1) is 16.5. The molecule has 4 rings (SSSR count). The first-order valence-corrected chi connectivity index (χ1v) is 9.48. The van der Waals surface area contributed by atoms with E-state index in [4.69, 9.17) is 0 Å². The van der Waals surface area contributed by atoms with Crippen LogP contribution in [-0.2, 0) is 6.54 Å². The summed E-state index contributed by atoms with van der Waals surface area (Å²) in [5, 5.41) is 0. The Morgan fingerprint density at radius 2 is 1.80 bits per heavy atom. The van der Waals surface area contributed by atoms with Gasteiger partial charge >= 0.3 is 0 Å². The van der Waals surface area contributed by atoms with E-state index in [0.29, 0.717) is 17.8 Å². The molecule has 2 fully saturated rings. The van der Waals surface area contributed by atoms with Gasteiger partial charge in [0, 0.05) is 30.7 Å². The Balaban J connectivity index is 1.51. The van der Waals surface area contributed by atoms with Gasteiger partial charge in [-0.3, -0.25) is 14.7 Å². The lowest BCUT2D eigenvalue weighted by Crippen LogP contribution is -2.52. The topological polar surface area (TPSA) is 33.2 Å². The van der Waals surface area contributed by atoms with Crippen LogP contribution in [0.25, 0.3) is 0 Å². The number of benzene rings is 1. The third-order valence-electron chi connectivity index (χ3n) is 5.95. The van der Waals surface area contributed by atoms with Gasteiger partial charge in [0.15, 0.2) is 5.78 Å². The summed E-state index contributed by atoms with van der Waals surface area (Å²) in [6.07, 6.45) is 7.44. The second-order valence-corrected chi connectivity index (χ2v) is 7.60. The average molecular weight is 334 g/mol. The van der Waals surface area contributed by atoms with Crippen molar-refractivity contribution in [3.63, 3.8) is 0 Å². The smallest absolute Gasteiger partial charge is 0.184 e. The first-order chi connectivity index (χ1) is 12.2. The Bertz CT molecular complexity index is 729. The van der Waals surface area contributed by atoms with Crippen molar-refractivity contribution in [1.29, 1.82) is 0 Å². The number of rotatable bonds is 4. The van der Waals surface area contributed by atoms with Gasteiger partial charge in [0.2, 0.25) is 0 Å². The van der Waals surface area contributed by atoms with E-state index in [1.165, 1.54) is 24.8 Å². The van der Waals surface area contributed by atoms with Crippen molar-refractivity contribution in [3.05, 3.63) is 65.5 Å². The van der Waals surface area contributed by atoms with E-state index in [2.05, 4.69) is 40.2 Å². The molecule has 0 amide bonds. The van der Waals surface area contributed by atoms with Crippen molar-refractivity contribution in [1.82, 2.24) is 9.88 Å². The maximum atomic E-state index is 13.0. The molecule has 2 unspecified atom stereocenters. The summed E-state index contributed by atoms with van der Waals surface area (Å²) in [6.45, 7) is 3.01. The zero-order valence-electron chi connectivity index (χ0n) is 14.9. The summed E-state index contributed by atoms with van der Waals surface area (Å²) in [4.78, 5) is 20.1. The van der Waals surface area contributed by atoms with Crippen LogP contribution in [0.15, 0.2) is 48.7 Å². The number of pyridine rings is 1. The Hall–Kier alpha value is -2.00. The van der Waals surface area contributed by atoms with Crippen molar-refractivity contribution in [2.45, 2.75) is 57.7 Å². The number of hydrogen-bond donors (Lipinski definition) is 0. The molecular formula is C22H26N2O. The minimum absolute atomic E-state index is 0.135. The molecule has 3 heteroatoms. The van der Waals surface area contributed by atoms with E-state index in [0.717, 1.165) is 24.9 Å². The number of aryl methyl sites for hydroxylation is 1. The Kier molecular flexibility index (Phi) is 4.67. The number of fused-ring (bicyclic) bond motifs is 2. The number of hydrogen-bond acceptors (Lipinski definition) is 3. The number of carbonyl (C=O) groups is 1. The quantitative estimate of drug-likeness (QED) is 0.777. The lowest BCUT2D eigenvalue weighted by molar-refractivity contribution is 0.00889. The van der Waals surface area contributed by atoms with Gasteiger partial charge in [0.05, 0.1) is 0 Å². The maximum Gasteiger partial charge on any atom is 0.184 e. The molecular weight excluding hydrogens is 308 g/mol. The van der Waals surface area contributed by atoms with Gasteiger partial charge in [0.1, 0.15) is 5.69 Å². The molecule has 3 nitrogen and oxygen atoms in total. The molecule has 25 heavy (non-hydrogen) atoms. The molecule has 2 aromatic rings. The molecule has 0 radical (unpaired) electrons. The SMILES string of the molecule is Cc1cccnc1C(=O)C1CC2CCCC(C1)N2Cc1ccccc1. The van der Waals surface area contributed by atoms with Crippen LogP contribution >= 0.6 is 0 Å². The predicted octanol–water partition coefficient (Wildman–Crippen LogP) is 4.41. The number of carbonyl (C=O) groups excluding carboxylic acids is 1. The van der Waals surface area contributed by atoms with Gasteiger partial charge < -0.3 is 0 Å². The fraction of sp³-hybridized carbons (Fsp3) is 0.455. The highest BCUT2D eigenvalue weighted by Gasteiger charge is 2.41. The number of aromatic nitrogens is 1. The summed E-state index contributed by atoms with van der Waals surface area (Å²) >= 11 is 0. The monoisotopic (exact) mass is 334 g/mol. The van der Waals surface area contributed by atoms with Crippen molar-refractivity contribution in [2.24, 2.45) is 5.92 Å². The van der Waals surface area contributed by atoms with Gasteiger partial charge in [-0.15, -0.1) is 0 Å². The van der Waals surface area contributed by atoms with Crippen molar-refractivity contribution in [2.75, 3.05) is 0 Å². The lowest BCUT2D eigenvalue weighted by atomic mass is 9.75. The van der Waals surface area contributed by atoms with E-state index in [9.17, 15) is 4.79 Å². The van der Waals surface area contributed by atoms with E-state index in [1.54, 1.807) is 6.20 Å². The molecule has 1 aromatic heterocycles. The van der Waals surface area contributed by atoms with Crippen LogP contribution in [0.5, 0.6) is 0 Å². The Labute approximate surface area is 150 Å². The zero-order chi connectivity index (χ0) is 17.2. The van der Waals surface area contributed by atoms with Gasteiger partial charge in [-0.05, 0) is 49.8 Å². The van der Waals surface area contributed by atoms with Crippen LogP contribution in [0.3, 0.4) is 0 Å². The third-order valence-corrected chi connectivity index (χ3v) is 5.95. The molecule has 2 aliphatic rings. The summed E-state index contributed by atoms with van der Waals surface area (Å²) in [5.41, 5.74) is 3.07. The highest BCUT2D eigenvalue weighted by Crippen LogP contribution is 2.39. The summed E-state index contributed by atoms with van der Waals surface area (Å²) in [6, 6.07) is 15.7. The molecule has 2 aliphatic heterocycles. The van der Waals surface area contributed by atoms with Crippen LogP contribution in [-0.4, -0.2) is 27.8 Å². The molecule has 0 saturated carbocycles. The van der Waals surface area contributed by atoms with Crippen molar-refractivity contribution >= 4 is 5.78 Å². The van der Waals surface area contributed by atoms with Crippen LogP contribution < -0.4 is 0 Å². The van der Waals surface area contributed by atoms with Gasteiger partial charge in [-0.25, -0.2) is 0 Å². The Morgan fingerprint density at radius 1 is 1.08 bits per heavy atom. The maximum absolute atomic E-state index is 13.0. The summed E-state index contributed by atoms with van der Waals surface area (Å²) < 4.78 is 0. The highest BCUT2D eigenvalue weighted by molar-refractivity contribution is 5.97. The molecule has 130 valence electrons. The minimum Gasteiger partial charge on any atom is -0.293 e. The fourth-order valence-electron chi connectivity index (χ4n) is 4.68. The van der Waals surface area contributed by atoms with Crippen LogP contribution in [0.1, 0.15) is 53.7 Å². The number of piperidine rings is 2. The van der Waals surface area contributed by atoms with E-state index < -0.39 is 0 Å². The highest BCUT2D eigenvalue weighted by atomic mass is 16.1. The number of ketones is 1. The molecule has 1 aromatic carbocycles. The van der Waals surface area contributed by atoms with Crippen LogP contribution in [0.4, 0.5) is 0 Å². The molecule has 2 saturated heterocycles. The normalized spacial score (nSPS) is 26.4. The second kappa shape index (κ2) is 7.09. The van der Waals surface area contributed by atoms with E-state index >= 15 is 0 Å². The van der Waals surface area contributed by atoms with Crippen molar-refractivity contribution < 1.29 is 4.79 Å². The minimum atomic E-state index is 0.135. The van der Waals surface area contributed by atoms with Gasteiger partial charge in [-0.1, -0.05) is 42.8 Å². The zero-order valence-corrected chi connectivity index (χ0v) is 14.9. The average Bonchev–Trinajstić information content (AvgIpc) is 2.62. The molecule has 0 aliphatic carbocycles. The number of nitrogens with zero attached hydrogens (tertiary/aromatic N) is 2. The van der Waals surface area contributed by atoms with Crippen LogP contribution in [0.2, 0.25) is 0 Å². The van der Waals surface area contributed by atoms with Crippen molar-refractivity contribution in [3.8, 4) is 0 Å². The molecule has 3 heterocycles. The Morgan fingerprint density at radius 3 is 2.48 bits per heavy atom. The first-order valence-electron chi connectivity index (χ1n) is 9.48.